The predicted molar refractivity (Wildman–Crippen MR) is 184 cm³/mol. The molecule has 2 atom stereocenters. The molecule has 21 heteroatoms. The Labute approximate surface area is 297 Å². The predicted octanol–water partition coefficient (Wildman–Crippen LogP) is 9.75. The molecule has 0 aliphatic carbocycles. The molecule has 51 heavy (non-hydrogen) atoms. The van der Waals surface area contributed by atoms with Gasteiger partial charge in [-0.25, -0.2) is 9.97 Å². The quantitative estimate of drug-likeness (QED) is 0.0781. The van der Waals surface area contributed by atoms with E-state index in [1.807, 2.05) is 13.3 Å². The van der Waals surface area contributed by atoms with Crippen LogP contribution in [0, 0.1) is 0 Å². The van der Waals surface area contributed by atoms with Crippen molar-refractivity contribution in [1.82, 2.24) is 39.9 Å². The maximum atomic E-state index is 13.8. The number of alkyl halides is 6. The molecule has 6 rings (SSSR count). The van der Waals surface area contributed by atoms with Crippen molar-refractivity contribution in [3.63, 3.8) is 0 Å². The summed E-state index contributed by atoms with van der Waals surface area (Å²) in [6.45, 7) is 3.69. The number of benzene rings is 2. The number of nitrogens with one attached hydrogen (secondary N) is 2. The van der Waals surface area contributed by atoms with Crippen LogP contribution in [0.15, 0.2) is 61.4 Å². The van der Waals surface area contributed by atoms with Crippen LogP contribution < -0.4 is 10.6 Å². The Bertz CT molecular complexity index is 2080. The molecule has 2 aromatic carbocycles. The van der Waals surface area contributed by atoms with Crippen molar-refractivity contribution in [2.24, 2.45) is 0 Å². The standard InChI is InChI=1S/C30H22Cl2F6N10OP2/c1-50(13-15-19(3-5-21-23(15)41-9-7-39-21)45-25-17(29(33,34)35)11-43-27(31)47-25)49-51(2)14-16-20(4-6-22-24(16)42-10-8-40-22)46-26-18(30(36,37)38)12-44-28(32)48-26/h3-12H,13-14H2,1-2H3,(H,43,45,47)(H,44,46,48). The zero-order chi connectivity index (χ0) is 36.5. The maximum Gasteiger partial charge on any atom is 0.421 e. The van der Waals surface area contributed by atoms with Gasteiger partial charge in [0.2, 0.25) is 10.6 Å². The van der Waals surface area contributed by atoms with Crippen molar-refractivity contribution in [3.05, 3.63) is 94.3 Å². The number of rotatable bonds is 10. The molecule has 264 valence electrons. The highest BCUT2D eigenvalue weighted by molar-refractivity contribution is 7.64. The number of hydrogen-bond acceptors (Lipinski definition) is 11. The highest BCUT2D eigenvalue weighted by atomic mass is 35.5. The van der Waals surface area contributed by atoms with Gasteiger partial charge in [-0.3, -0.25) is 19.9 Å². The van der Waals surface area contributed by atoms with E-state index in [-0.39, 0.29) is 34.3 Å². The van der Waals surface area contributed by atoms with Crippen molar-refractivity contribution >= 4 is 84.6 Å². The number of anilines is 4. The van der Waals surface area contributed by atoms with Crippen LogP contribution in [0.3, 0.4) is 0 Å². The van der Waals surface area contributed by atoms with Crippen LogP contribution in [0.2, 0.25) is 10.6 Å². The molecule has 0 bridgehead atoms. The summed E-state index contributed by atoms with van der Waals surface area (Å²) in [6.07, 6.45) is -1.95. The topological polar surface area (TPSA) is 136 Å². The first kappa shape index (κ1) is 36.6. The molecule has 0 saturated carbocycles. The zero-order valence-electron chi connectivity index (χ0n) is 26.1. The molecular formula is C30H22Cl2F6N10OP2. The third kappa shape index (κ3) is 8.50. The summed E-state index contributed by atoms with van der Waals surface area (Å²) in [4.78, 5) is 32.1. The Kier molecular flexibility index (Phi) is 10.7. The number of hydrogen-bond donors (Lipinski definition) is 2. The Balaban J connectivity index is 1.30. The Morgan fingerprint density at radius 3 is 1.39 bits per heavy atom. The summed E-state index contributed by atoms with van der Waals surface area (Å²) < 4.78 is 89.5. The fourth-order valence-corrected chi connectivity index (χ4v) is 9.23. The van der Waals surface area contributed by atoms with Gasteiger partial charge in [0.1, 0.15) is 22.8 Å². The average molecular weight is 785 g/mol. The normalized spacial score (nSPS) is 13.4. The van der Waals surface area contributed by atoms with Crippen LogP contribution in [0.4, 0.5) is 49.4 Å². The molecule has 2 unspecified atom stereocenters. The first-order valence-corrected chi connectivity index (χ1v) is 19.0. The van der Waals surface area contributed by atoms with Crippen LogP contribution in [-0.2, 0) is 29.0 Å². The first-order chi connectivity index (χ1) is 24.2. The maximum absolute atomic E-state index is 13.8. The largest absolute Gasteiger partial charge is 0.421 e. The number of aromatic nitrogens is 8. The van der Waals surface area contributed by atoms with Crippen LogP contribution >= 0.6 is 39.5 Å². The van der Waals surface area contributed by atoms with E-state index in [0.29, 0.717) is 45.6 Å². The first-order valence-electron chi connectivity index (χ1n) is 14.5. The Morgan fingerprint density at radius 2 is 1.00 bits per heavy atom. The van der Waals surface area contributed by atoms with Crippen LogP contribution in [-0.4, -0.2) is 53.2 Å². The zero-order valence-corrected chi connectivity index (χ0v) is 29.4. The molecule has 0 radical (unpaired) electrons. The van der Waals surface area contributed by atoms with E-state index in [9.17, 15) is 26.3 Å². The van der Waals surface area contributed by atoms with Gasteiger partial charge in [-0.15, -0.1) is 0 Å². The molecule has 0 saturated heterocycles. The smallest absolute Gasteiger partial charge is 0.339 e. The summed E-state index contributed by atoms with van der Waals surface area (Å²) in [5, 5.41) is 4.77. The highest BCUT2D eigenvalue weighted by Crippen LogP contribution is 2.55. The van der Waals surface area contributed by atoms with E-state index in [0.717, 1.165) is 0 Å². The minimum absolute atomic E-state index is 0.232. The van der Waals surface area contributed by atoms with Gasteiger partial charge in [-0.1, -0.05) is 0 Å². The van der Waals surface area contributed by atoms with Gasteiger partial charge in [-0.2, -0.15) is 36.3 Å². The van der Waals surface area contributed by atoms with Crippen LogP contribution in [0.25, 0.3) is 22.1 Å². The number of nitrogens with zero attached hydrogens (tertiary/aromatic N) is 8. The van der Waals surface area contributed by atoms with Crippen molar-refractivity contribution in [2.45, 2.75) is 24.7 Å². The van der Waals surface area contributed by atoms with Gasteiger partial charge in [0, 0.05) is 88.3 Å². The van der Waals surface area contributed by atoms with Crippen LogP contribution in [0.5, 0.6) is 0 Å². The summed E-state index contributed by atoms with van der Waals surface area (Å²) in [5.41, 5.74) is 1.27. The molecular weight excluding hydrogens is 763 g/mol. The van der Waals surface area contributed by atoms with E-state index < -0.39 is 51.4 Å². The average Bonchev–Trinajstić information content (AvgIpc) is 3.05. The number of fused-ring (bicyclic) bond motifs is 2. The molecule has 0 aliphatic heterocycles. The minimum Gasteiger partial charge on any atom is -0.339 e. The van der Waals surface area contributed by atoms with E-state index in [1.54, 1.807) is 24.3 Å². The lowest BCUT2D eigenvalue weighted by Crippen LogP contribution is -2.12. The molecule has 0 amide bonds. The van der Waals surface area contributed by atoms with Gasteiger partial charge < -0.3 is 14.9 Å². The third-order valence-electron chi connectivity index (χ3n) is 7.17. The van der Waals surface area contributed by atoms with Gasteiger partial charge in [0.05, 0.1) is 22.1 Å². The lowest BCUT2D eigenvalue weighted by molar-refractivity contribution is -0.138. The summed E-state index contributed by atoms with van der Waals surface area (Å²) in [6, 6.07) is 6.37. The Morgan fingerprint density at radius 1 is 0.608 bits per heavy atom. The van der Waals surface area contributed by atoms with E-state index in [1.165, 1.54) is 24.8 Å². The van der Waals surface area contributed by atoms with Crippen molar-refractivity contribution in [2.75, 3.05) is 24.0 Å². The molecule has 6 aromatic rings. The van der Waals surface area contributed by atoms with Gasteiger partial charge in [0.25, 0.3) is 0 Å². The summed E-state index contributed by atoms with van der Waals surface area (Å²) in [7, 11) is -2.64. The van der Waals surface area contributed by atoms with E-state index >= 15 is 0 Å². The fourth-order valence-electron chi connectivity index (χ4n) is 5.06. The fraction of sp³-hybridized carbons (Fsp3) is 0.200. The Hall–Kier alpha value is -4.14. The molecule has 4 aromatic heterocycles. The molecule has 0 spiro atoms. The van der Waals surface area contributed by atoms with E-state index in [2.05, 4.69) is 50.5 Å². The second-order valence-corrected chi connectivity index (χ2v) is 15.2. The lowest BCUT2D eigenvalue weighted by Gasteiger charge is -2.23. The second kappa shape index (κ2) is 14.8. The van der Waals surface area contributed by atoms with Crippen molar-refractivity contribution in [3.8, 4) is 0 Å². The second-order valence-electron chi connectivity index (χ2n) is 10.7. The van der Waals surface area contributed by atoms with Gasteiger partial charge in [0.15, 0.2) is 0 Å². The third-order valence-corrected chi connectivity index (χ3v) is 11.3. The molecule has 0 fully saturated rings. The van der Waals surface area contributed by atoms with Crippen LogP contribution in [0.1, 0.15) is 22.3 Å². The highest BCUT2D eigenvalue weighted by Gasteiger charge is 2.37. The van der Waals surface area contributed by atoms with Crippen molar-refractivity contribution < 1.29 is 30.7 Å². The molecule has 4 heterocycles. The minimum atomic E-state index is -4.77. The lowest BCUT2D eigenvalue weighted by atomic mass is 10.1. The van der Waals surface area contributed by atoms with E-state index in [4.69, 9.17) is 27.5 Å². The van der Waals surface area contributed by atoms with Gasteiger partial charge in [-0.05, 0) is 60.8 Å². The SMILES string of the molecule is CP(Cc1c(Nc2nc(Cl)ncc2C(F)(F)F)ccc2nccnc12)OP(C)Cc1c(Nc2nc(Cl)ncc2C(F)(F)F)ccc2nccnc12. The monoisotopic (exact) mass is 784 g/mol. The summed E-state index contributed by atoms with van der Waals surface area (Å²) >= 11 is 11.7. The summed E-state index contributed by atoms with van der Waals surface area (Å²) in [5.74, 6) is -1.08. The molecule has 11 nitrogen and oxygen atoms in total. The van der Waals surface area contributed by atoms with Gasteiger partial charge >= 0.3 is 12.4 Å². The number of halogens is 8. The molecule has 2 N–H and O–H groups in total. The molecule has 0 aliphatic rings. The van der Waals surface area contributed by atoms with Crippen molar-refractivity contribution in [1.29, 1.82) is 0 Å².